The fourth-order valence-corrected chi connectivity index (χ4v) is 2.85. The average Bonchev–Trinajstić information content (AvgIpc) is 2.94. The molecule has 5 heteroatoms. The van der Waals surface area contributed by atoms with E-state index in [0.717, 1.165) is 6.42 Å². The van der Waals surface area contributed by atoms with Crippen LogP contribution in [0, 0.1) is 5.41 Å². The first kappa shape index (κ1) is 15.9. The first-order valence-corrected chi connectivity index (χ1v) is 7.57. The van der Waals surface area contributed by atoms with Crippen LogP contribution in [0.5, 0.6) is 0 Å². The number of ether oxygens (including phenoxy) is 1. The Morgan fingerprint density at radius 3 is 2.38 bits per heavy atom. The zero-order valence-electron chi connectivity index (χ0n) is 14.0. The molecule has 0 spiro atoms. The standard InChI is InChI=1S/C16H27N3O2/c1-15(2,3)13-10-12(19-9-7-8-17-19)11-18(13)14(20)21-16(4,5)6/h7-9,12-13H,10-11H2,1-6H3/t12?,13-/m0/s1. The summed E-state index contributed by atoms with van der Waals surface area (Å²) in [4.78, 5) is 14.4. The fraction of sp³-hybridized carbons (Fsp3) is 0.750. The lowest BCUT2D eigenvalue weighted by atomic mass is 9.85. The molecule has 0 saturated carbocycles. The monoisotopic (exact) mass is 293 g/mol. The van der Waals surface area contributed by atoms with Gasteiger partial charge in [0.25, 0.3) is 0 Å². The topological polar surface area (TPSA) is 47.4 Å². The summed E-state index contributed by atoms with van der Waals surface area (Å²) in [6.45, 7) is 12.9. The Labute approximate surface area is 127 Å². The highest BCUT2D eigenvalue weighted by atomic mass is 16.6. The lowest BCUT2D eigenvalue weighted by Gasteiger charge is -2.35. The molecular formula is C16H27N3O2. The van der Waals surface area contributed by atoms with Crippen LogP contribution in [0.4, 0.5) is 4.79 Å². The lowest BCUT2D eigenvalue weighted by molar-refractivity contribution is 0.0120. The molecule has 5 nitrogen and oxygen atoms in total. The van der Waals surface area contributed by atoms with Gasteiger partial charge in [-0.05, 0) is 38.7 Å². The van der Waals surface area contributed by atoms with Crippen LogP contribution in [-0.2, 0) is 4.74 Å². The molecule has 1 aliphatic rings. The predicted molar refractivity (Wildman–Crippen MR) is 82.1 cm³/mol. The maximum absolute atomic E-state index is 12.5. The lowest BCUT2D eigenvalue weighted by Crippen LogP contribution is -2.45. The molecule has 1 amide bonds. The van der Waals surface area contributed by atoms with Crippen LogP contribution in [0.3, 0.4) is 0 Å². The molecule has 0 bridgehead atoms. The Kier molecular flexibility index (Phi) is 4.04. The molecule has 1 aromatic rings. The summed E-state index contributed by atoms with van der Waals surface area (Å²) in [5.41, 5.74) is -0.456. The van der Waals surface area contributed by atoms with Crippen molar-refractivity contribution in [3.8, 4) is 0 Å². The van der Waals surface area contributed by atoms with Crippen LogP contribution in [0.25, 0.3) is 0 Å². The zero-order chi connectivity index (χ0) is 15.8. The van der Waals surface area contributed by atoms with E-state index in [1.807, 2.05) is 42.6 Å². The van der Waals surface area contributed by atoms with E-state index in [4.69, 9.17) is 4.74 Å². The van der Waals surface area contributed by atoms with Crippen molar-refractivity contribution in [3.63, 3.8) is 0 Å². The van der Waals surface area contributed by atoms with E-state index in [1.165, 1.54) is 0 Å². The van der Waals surface area contributed by atoms with Crippen molar-refractivity contribution in [1.82, 2.24) is 14.7 Å². The average molecular weight is 293 g/mol. The van der Waals surface area contributed by atoms with Crippen molar-refractivity contribution in [2.24, 2.45) is 5.41 Å². The second-order valence-corrected chi connectivity index (χ2v) is 7.89. The second kappa shape index (κ2) is 5.35. The number of carbonyl (C=O) groups is 1. The van der Waals surface area contributed by atoms with E-state index in [9.17, 15) is 4.79 Å². The van der Waals surface area contributed by atoms with E-state index in [0.29, 0.717) is 6.54 Å². The van der Waals surface area contributed by atoms with E-state index >= 15 is 0 Å². The van der Waals surface area contributed by atoms with Crippen molar-refractivity contribution in [1.29, 1.82) is 0 Å². The van der Waals surface area contributed by atoms with Gasteiger partial charge >= 0.3 is 6.09 Å². The Bertz CT molecular complexity index is 483. The quantitative estimate of drug-likeness (QED) is 0.796. The van der Waals surface area contributed by atoms with Gasteiger partial charge in [-0.2, -0.15) is 5.10 Å². The van der Waals surface area contributed by atoms with Crippen molar-refractivity contribution < 1.29 is 9.53 Å². The Morgan fingerprint density at radius 1 is 1.24 bits per heavy atom. The number of hydrogen-bond donors (Lipinski definition) is 0. The van der Waals surface area contributed by atoms with Crippen LogP contribution in [0.1, 0.15) is 54.0 Å². The van der Waals surface area contributed by atoms with Gasteiger partial charge in [0, 0.05) is 25.0 Å². The highest BCUT2D eigenvalue weighted by Gasteiger charge is 2.43. The molecule has 118 valence electrons. The first-order chi connectivity index (χ1) is 9.58. The van der Waals surface area contributed by atoms with Crippen molar-refractivity contribution in [3.05, 3.63) is 18.5 Å². The molecule has 1 unspecified atom stereocenters. The number of hydrogen-bond acceptors (Lipinski definition) is 3. The zero-order valence-corrected chi connectivity index (χ0v) is 14.0. The van der Waals surface area contributed by atoms with Crippen molar-refractivity contribution in [2.75, 3.05) is 6.54 Å². The van der Waals surface area contributed by atoms with Gasteiger partial charge in [0.05, 0.1) is 6.04 Å². The number of aromatic nitrogens is 2. The molecule has 0 aliphatic carbocycles. The van der Waals surface area contributed by atoms with Gasteiger partial charge in [-0.1, -0.05) is 20.8 Å². The Hall–Kier alpha value is -1.52. The minimum absolute atomic E-state index is 0.0127. The van der Waals surface area contributed by atoms with Gasteiger partial charge < -0.3 is 9.64 Å². The third-order valence-corrected chi connectivity index (χ3v) is 3.81. The van der Waals surface area contributed by atoms with Crippen LogP contribution >= 0.6 is 0 Å². The van der Waals surface area contributed by atoms with Gasteiger partial charge in [0.2, 0.25) is 0 Å². The molecule has 1 fully saturated rings. The molecule has 0 radical (unpaired) electrons. The number of amides is 1. The highest BCUT2D eigenvalue weighted by Crippen LogP contribution is 2.38. The maximum atomic E-state index is 12.5. The van der Waals surface area contributed by atoms with E-state index < -0.39 is 5.60 Å². The van der Waals surface area contributed by atoms with Crippen LogP contribution < -0.4 is 0 Å². The number of nitrogens with zero attached hydrogens (tertiary/aromatic N) is 3. The summed E-state index contributed by atoms with van der Waals surface area (Å²) in [7, 11) is 0. The van der Waals surface area contributed by atoms with Gasteiger partial charge in [-0.25, -0.2) is 4.79 Å². The van der Waals surface area contributed by atoms with Crippen LogP contribution in [0.15, 0.2) is 18.5 Å². The third-order valence-electron chi connectivity index (χ3n) is 3.81. The first-order valence-electron chi connectivity index (χ1n) is 7.57. The maximum Gasteiger partial charge on any atom is 0.410 e. The summed E-state index contributed by atoms with van der Waals surface area (Å²) < 4.78 is 7.52. The molecule has 2 heterocycles. The minimum Gasteiger partial charge on any atom is -0.444 e. The van der Waals surface area contributed by atoms with Gasteiger partial charge in [-0.3, -0.25) is 4.68 Å². The van der Waals surface area contributed by atoms with Crippen LogP contribution in [-0.4, -0.2) is 39.0 Å². The Morgan fingerprint density at radius 2 is 1.90 bits per heavy atom. The number of carbonyl (C=O) groups excluding carboxylic acids is 1. The van der Waals surface area contributed by atoms with Crippen LogP contribution in [0.2, 0.25) is 0 Å². The second-order valence-electron chi connectivity index (χ2n) is 7.89. The smallest absolute Gasteiger partial charge is 0.410 e. The summed E-state index contributed by atoms with van der Waals surface area (Å²) in [6, 6.07) is 2.29. The molecule has 2 rings (SSSR count). The molecule has 1 saturated heterocycles. The summed E-state index contributed by atoms with van der Waals surface area (Å²) in [6.07, 6.45) is 4.42. The predicted octanol–water partition coefficient (Wildman–Crippen LogP) is 3.48. The van der Waals surface area contributed by atoms with Gasteiger partial charge in [-0.15, -0.1) is 0 Å². The summed E-state index contributed by atoms with van der Waals surface area (Å²) in [5.74, 6) is 0. The largest absolute Gasteiger partial charge is 0.444 e. The van der Waals surface area contributed by atoms with Crippen molar-refractivity contribution >= 4 is 6.09 Å². The van der Waals surface area contributed by atoms with E-state index in [1.54, 1.807) is 6.20 Å². The number of likely N-dealkylation sites (tertiary alicyclic amines) is 1. The third kappa shape index (κ3) is 3.77. The molecule has 1 aliphatic heterocycles. The summed E-state index contributed by atoms with van der Waals surface area (Å²) in [5, 5.41) is 4.32. The van der Waals surface area contributed by atoms with Gasteiger partial charge in [0.15, 0.2) is 0 Å². The Balaban J connectivity index is 2.19. The molecule has 0 aromatic carbocycles. The SMILES string of the molecule is CC(C)(C)OC(=O)N1CC(n2cccn2)C[C@H]1C(C)(C)C. The van der Waals surface area contributed by atoms with Gasteiger partial charge in [0.1, 0.15) is 5.60 Å². The molecule has 21 heavy (non-hydrogen) atoms. The normalized spacial score (nSPS) is 23.4. The molecule has 0 N–H and O–H groups in total. The minimum atomic E-state index is -0.469. The summed E-state index contributed by atoms with van der Waals surface area (Å²) >= 11 is 0. The fourth-order valence-electron chi connectivity index (χ4n) is 2.85. The van der Waals surface area contributed by atoms with E-state index in [-0.39, 0.29) is 23.6 Å². The van der Waals surface area contributed by atoms with E-state index in [2.05, 4.69) is 25.9 Å². The number of rotatable bonds is 1. The molecular weight excluding hydrogens is 266 g/mol. The molecule has 2 atom stereocenters. The highest BCUT2D eigenvalue weighted by molar-refractivity contribution is 5.69. The van der Waals surface area contributed by atoms with Crippen molar-refractivity contribution in [2.45, 2.75) is 65.6 Å². The molecule has 1 aromatic heterocycles.